The maximum absolute atomic E-state index is 9.57. The minimum atomic E-state index is -0.388. The molecular formula is C15H27IO. The number of unbranched alkanes of at least 4 members (excludes halogenated alkanes) is 7. The van der Waals surface area contributed by atoms with Gasteiger partial charge in [-0.3, -0.25) is 0 Å². The number of rotatable bonds is 10. The second-order valence-corrected chi connectivity index (χ2v) is 5.62. The molecule has 100 valence electrons. The standard InChI is InChI=1S/C15H27IO/c1-2-3-9-12-15(17)13-10-7-5-4-6-8-11-14-16/h15,17H,2-8,10-11,13-14H2,1H3. The molecule has 0 bridgehead atoms. The van der Waals surface area contributed by atoms with E-state index in [0.29, 0.717) is 0 Å². The summed E-state index contributed by atoms with van der Waals surface area (Å²) in [6, 6.07) is 0. The van der Waals surface area contributed by atoms with Crippen molar-refractivity contribution in [2.45, 2.75) is 77.2 Å². The molecule has 0 heterocycles. The molecule has 0 amide bonds. The van der Waals surface area contributed by atoms with E-state index in [1.165, 1.54) is 43.0 Å². The van der Waals surface area contributed by atoms with Crippen LogP contribution >= 0.6 is 22.6 Å². The number of aliphatic hydroxyl groups excluding tert-OH is 1. The summed E-state index contributed by atoms with van der Waals surface area (Å²) in [6.07, 6.45) is 11.6. The summed E-state index contributed by atoms with van der Waals surface area (Å²) in [5.74, 6) is 5.92. The van der Waals surface area contributed by atoms with Crippen LogP contribution in [0.3, 0.4) is 0 Å². The van der Waals surface area contributed by atoms with E-state index >= 15 is 0 Å². The molecule has 0 aliphatic heterocycles. The van der Waals surface area contributed by atoms with Crippen LogP contribution in [0.25, 0.3) is 0 Å². The normalized spacial score (nSPS) is 11.9. The summed E-state index contributed by atoms with van der Waals surface area (Å²) in [4.78, 5) is 0. The molecule has 0 rings (SSSR count). The first-order valence-corrected chi connectivity index (χ1v) is 8.56. The maximum Gasteiger partial charge on any atom is 0.114 e. The van der Waals surface area contributed by atoms with Gasteiger partial charge in [0, 0.05) is 6.42 Å². The molecule has 0 radical (unpaired) electrons. The molecule has 0 aliphatic rings. The molecule has 0 aromatic heterocycles. The zero-order valence-electron chi connectivity index (χ0n) is 11.2. The van der Waals surface area contributed by atoms with Gasteiger partial charge in [0.15, 0.2) is 0 Å². The monoisotopic (exact) mass is 350 g/mol. The number of hydrogen-bond donors (Lipinski definition) is 1. The van der Waals surface area contributed by atoms with Gasteiger partial charge in [-0.1, -0.05) is 67.5 Å². The van der Waals surface area contributed by atoms with Crippen molar-refractivity contribution in [2.24, 2.45) is 0 Å². The van der Waals surface area contributed by atoms with E-state index in [9.17, 15) is 5.11 Å². The van der Waals surface area contributed by atoms with Crippen LogP contribution in [0, 0.1) is 11.8 Å². The summed E-state index contributed by atoms with van der Waals surface area (Å²) in [7, 11) is 0. The Labute approximate surface area is 121 Å². The fourth-order valence-electron chi connectivity index (χ4n) is 1.70. The average molecular weight is 350 g/mol. The molecule has 1 unspecified atom stereocenters. The molecule has 0 aromatic rings. The van der Waals surface area contributed by atoms with Gasteiger partial charge in [0.25, 0.3) is 0 Å². The van der Waals surface area contributed by atoms with Crippen molar-refractivity contribution in [2.75, 3.05) is 4.43 Å². The van der Waals surface area contributed by atoms with Gasteiger partial charge in [0.1, 0.15) is 6.10 Å². The fraction of sp³-hybridized carbons (Fsp3) is 0.867. The van der Waals surface area contributed by atoms with Crippen LogP contribution < -0.4 is 0 Å². The maximum atomic E-state index is 9.57. The number of aliphatic hydroxyl groups is 1. The van der Waals surface area contributed by atoms with Crippen LogP contribution in [0.15, 0.2) is 0 Å². The third kappa shape index (κ3) is 14.2. The molecule has 1 atom stereocenters. The fourth-order valence-corrected chi connectivity index (χ4v) is 2.24. The lowest BCUT2D eigenvalue weighted by Crippen LogP contribution is -2.02. The van der Waals surface area contributed by atoms with Gasteiger partial charge in [-0.15, -0.1) is 5.92 Å². The zero-order chi connectivity index (χ0) is 12.8. The Morgan fingerprint density at radius 1 is 1.00 bits per heavy atom. The highest BCUT2D eigenvalue weighted by Gasteiger charge is 1.98. The molecule has 0 aromatic carbocycles. The van der Waals surface area contributed by atoms with Crippen molar-refractivity contribution in [3.63, 3.8) is 0 Å². The summed E-state index contributed by atoms with van der Waals surface area (Å²) in [5.41, 5.74) is 0. The Balaban J connectivity index is 3.20. The Bertz CT molecular complexity index is 205. The molecule has 17 heavy (non-hydrogen) atoms. The Morgan fingerprint density at radius 3 is 2.18 bits per heavy atom. The van der Waals surface area contributed by atoms with E-state index in [0.717, 1.165) is 25.7 Å². The second kappa shape index (κ2) is 14.3. The molecule has 0 saturated carbocycles. The van der Waals surface area contributed by atoms with Crippen LogP contribution in [-0.4, -0.2) is 15.6 Å². The molecule has 0 spiro atoms. The van der Waals surface area contributed by atoms with Gasteiger partial charge in [-0.25, -0.2) is 0 Å². The highest BCUT2D eigenvalue weighted by atomic mass is 127. The lowest BCUT2D eigenvalue weighted by Gasteiger charge is -2.03. The van der Waals surface area contributed by atoms with Crippen molar-refractivity contribution in [3.05, 3.63) is 0 Å². The van der Waals surface area contributed by atoms with Crippen molar-refractivity contribution in [3.8, 4) is 11.8 Å². The lowest BCUT2D eigenvalue weighted by atomic mass is 10.1. The van der Waals surface area contributed by atoms with Crippen molar-refractivity contribution >= 4 is 22.6 Å². The topological polar surface area (TPSA) is 20.2 Å². The van der Waals surface area contributed by atoms with Crippen molar-refractivity contribution in [1.29, 1.82) is 0 Å². The molecule has 0 saturated heterocycles. The zero-order valence-corrected chi connectivity index (χ0v) is 13.3. The quantitative estimate of drug-likeness (QED) is 0.262. The highest BCUT2D eigenvalue weighted by molar-refractivity contribution is 14.1. The van der Waals surface area contributed by atoms with E-state index in [1.54, 1.807) is 0 Å². The summed E-state index contributed by atoms with van der Waals surface area (Å²) in [5, 5.41) is 9.57. The molecular weight excluding hydrogens is 323 g/mol. The molecule has 1 N–H and O–H groups in total. The van der Waals surface area contributed by atoms with Crippen LogP contribution in [-0.2, 0) is 0 Å². The van der Waals surface area contributed by atoms with E-state index in [2.05, 4.69) is 41.4 Å². The minimum absolute atomic E-state index is 0.388. The van der Waals surface area contributed by atoms with Gasteiger partial charge < -0.3 is 5.11 Å². The predicted molar refractivity (Wildman–Crippen MR) is 84.5 cm³/mol. The third-order valence-electron chi connectivity index (χ3n) is 2.75. The van der Waals surface area contributed by atoms with Gasteiger partial charge in [-0.05, 0) is 30.1 Å². The lowest BCUT2D eigenvalue weighted by molar-refractivity contribution is 0.217. The SMILES string of the molecule is CCCC#CC(O)CCCCCCCCCI. The smallest absolute Gasteiger partial charge is 0.114 e. The minimum Gasteiger partial charge on any atom is -0.380 e. The number of alkyl halides is 1. The van der Waals surface area contributed by atoms with E-state index in [1.807, 2.05) is 0 Å². The van der Waals surface area contributed by atoms with Crippen molar-refractivity contribution < 1.29 is 5.11 Å². The van der Waals surface area contributed by atoms with Crippen LogP contribution in [0.1, 0.15) is 71.1 Å². The molecule has 0 fully saturated rings. The van der Waals surface area contributed by atoms with Gasteiger partial charge in [-0.2, -0.15) is 0 Å². The number of halogens is 1. The summed E-state index contributed by atoms with van der Waals surface area (Å²) >= 11 is 2.44. The highest BCUT2D eigenvalue weighted by Crippen LogP contribution is 2.10. The largest absolute Gasteiger partial charge is 0.380 e. The Morgan fingerprint density at radius 2 is 1.59 bits per heavy atom. The first-order chi connectivity index (χ1) is 8.31. The van der Waals surface area contributed by atoms with Crippen LogP contribution in [0.4, 0.5) is 0 Å². The number of hydrogen-bond acceptors (Lipinski definition) is 1. The van der Waals surface area contributed by atoms with Gasteiger partial charge in [0.05, 0.1) is 0 Å². The molecule has 2 heteroatoms. The Kier molecular flexibility index (Phi) is 14.5. The van der Waals surface area contributed by atoms with Gasteiger partial charge >= 0.3 is 0 Å². The van der Waals surface area contributed by atoms with Gasteiger partial charge in [0.2, 0.25) is 0 Å². The molecule has 1 nitrogen and oxygen atoms in total. The third-order valence-corrected chi connectivity index (χ3v) is 3.52. The molecule has 0 aliphatic carbocycles. The van der Waals surface area contributed by atoms with E-state index < -0.39 is 0 Å². The summed E-state index contributed by atoms with van der Waals surface area (Å²) < 4.78 is 1.29. The summed E-state index contributed by atoms with van der Waals surface area (Å²) in [6.45, 7) is 2.11. The second-order valence-electron chi connectivity index (χ2n) is 4.54. The average Bonchev–Trinajstić information content (AvgIpc) is 2.33. The van der Waals surface area contributed by atoms with E-state index in [-0.39, 0.29) is 6.10 Å². The van der Waals surface area contributed by atoms with Crippen molar-refractivity contribution in [1.82, 2.24) is 0 Å². The predicted octanol–water partition coefficient (Wildman–Crippen LogP) is 4.71. The van der Waals surface area contributed by atoms with Crippen LogP contribution in [0.5, 0.6) is 0 Å². The van der Waals surface area contributed by atoms with E-state index in [4.69, 9.17) is 0 Å². The first kappa shape index (κ1) is 17.2. The first-order valence-electron chi connectivity index (χ1n) is 7.03. The Hall–Kier alpha value is 0.250. The van der Waals surface area contributed by atoms with Crippen LogP contribution in [0.2, 0.25) is 0 Å².